The first-order valence-electron chi connectivity index (χ1n) is 4.12. The Morgan fingerprint density at radius 1 is 1.54 bits per heavy atom. The standard InChI is InChI=1S/C9H13BrN2S/c1-9(2,3)4-7-11-5-6(10)8(13)12-7/h5H,4H2,1-3H3,(H,11,12,13). The van der Waals surface area contributed by atoms with Gasteiger partial charge in [0.15, 0.2) is 0 Å². The van der Waals surface area contributed by atoms with Crippen molar-refractivity contribution in [1.29, 1.82) is 0 Å². The summed E-state index contributed by atoms with van der Waals surface area (Å²) in [4.78, 5) is 7.34. The molecule has 0 amide bonds. The van der Waals surface area contributed by atoms with E-state index in [1.54, 1.807) is 6.20 Å². The normalized spacial score (nSPS) is 11.7. The molecule has 2 nitrogen and oxygen atoms in total. The van der Waals surface area contributed by atoms with Crippen LogP contribution in [0.2, 0.25) is 0 Å². The molecule has 0 bridgehead atoms. The van der Waals surface area contributed by atoms with Crippen LogP contribution in [0.1, 0.15) is 26.6 Å². The lowest BCUT2D eigenvalue weighted by molar-refractivity contribution is 0.400. The van der Waals surface area contributed by atoms with Gasteiger partial charge in [-0.05, 0) is 21.3 Å². The summed E-state index contributed by atoms with van der Waals surface area (Å²) in [5.41, 5.74) is 0.235. The Morgan fingerprint density at radius 3 is 2.62 bits per heavy atom. The maximum atomic E-state index is 5.09. The van der Waals surface area contributed by atoms with Crippen LogP contribution in [-0.4, -0.2) is 9.97 Å². The lowest BCUT2D eigenvalue weighted by atomic mass is 9.92. The molecular formula is C9H13BrN2S. The van der Waals surface area contributed by atoms with Gasteiger partial charge in [0.05, 0.1) is 4.47 Å². The minimum Gasteiger partial charge on any atom is -0.334 e. The zero-order valence-electron chi connectivity index (χ0n) is 8.02. The fourth-order valence-corrected chi connectivity index (χ4v) is 1.38. The summed E-state index contributed by atoms with van der Waals surface area (Å²) in [5, 5.41) is 0. The quantitative estimate of drug-likeness (QED) is 0.784. The maximum Gasteiger partial charge on any atom is 0.120 e. The van der Waals surface area contributed by atoms with Gasteiger partial charge in [0, 0.05) is 12.6 Å². The van der Waals surface area contributed by atoms with Crippen molar-refractivity contribution in [2.75, 3.05) is 0 Å². The Morgan fingerprint density at radius 2 is 2.15 bits per heavy atom. The Bertz CT molecular complexity index is 351. The highest BCUT2D eigenvalue weighted by atomic mass is 79.9. The van der Waals surface area contributed by atoms with Crippen molar-refractivity contribution >= 4 is 28.1 Å². The molecule has 1 heterocycles. The highest BCUT2D eigenvalue weighted by molar-refractivity contribution is 9.10. The van der Waals surface area contributed by atoms with Gasteiger partial charge in [-0.2, -0.15) is 0 Å². The predicted molar refractivity (Wildman–Crippen MR) is 60.3 cm³/mol. The smallest absolute Gasteiger partial charge is 0.120 e. The van der Waals surface area contributed by atoms with Gasteiger partial charge in [0.2, 0.25) is 0 Å². The van der Waals surface area contributed by atoms with Crippen LogP contribution in [0.3, 0.4) is 0 Å². The maximum absolute atomic E-state index is 5.09. The average molecular weight is 261 g/mol. The number of aromatic nitrogens is 2. The summed E-state index contributed by atoms with van der Waals surface area (Å²) >= 11 is 8.40. The van der Waals surface area contributed by atoms with Gasteiger partial charge < -0.3 is 4.98 Å². The summed E-state index contributed by atoms with van der Waals surface area (Å²) in [7, 11) is 0. The molecule has 0 aromatic carbocycles. The third kappa shape index (κ3) is 3.56. The van der Waals surface area contributed by atoms with E-state index in [-0.39, 0.29) is 5.41 Å². The van der Waals surface area contributed by atoms with E-state index in [1.807, 2.05) is 0 Å². The fourth-order valence-electron chi connectivity index (χ4n) is 1.01. The summed E-state index contributed by atoms with van der Waals surface area (Å²) in [5.74, 6) is 0.945. The largest absolute Gasteiger partial charge is 0.334 e. The van der Waals surface area contributed by atoms with Crippen LogP contribution in [-0.2, 0) is 6.42 Å². The van der Waals surface area contributed by atoms with Crippen molar-refractivity contribution in [1.82, 2.24) is 9.97 Å². The third-order valence-corrected chi connectivity index (χ3v) is 2.69. The van der Waals surface area contributed by atoms with Gasteiger partial charge in [-0.25, -0.2) is 4.98 Å². The molecule has 0 aliphatic rings. The highest BCUT2D eigenvalue weighted by Crippen LogP contribution is 2.18. The van der Waals surface area contributed by atoms with Crippen LogP contribution in [0.4, 0.5) is 0 Å². The molecule has 0 radical (unpaired) electrons. The zero-order chi connectivity index (χ0) is 10.1. The number of hydrogen-bond acceptors (Lipinski definition) is 2. The highest BCUT2D eigenvalue weighted by Gasteiger charge is 2.12. The third-order valence-electron chi connectivity index (χ3n) is 1.51. The number of rotatable bonds is 1. The van der Waals surface area contributed by atoms with Crippen LogP contribution in [0.15, 0.2) is 10.7 Å². The molecule has 4 heteroatoms. The monoisotopic (exact) mass is 260 g/mol. The number of H-pyrrole nitrogens is 1. The van der Waals surface area contributed by atoms with Crippen LogP contribution in [0, 0.1) is 10.1 Å². The van der Waals surface area contributed by atoms with Crippen molar-refractivity contribution in [2.24, 2.45) is 5.41 Å². The van der Waals surface area contributed by atoms with Crippen molar-refractivity contribution < 1.29 is 0 Å². The van der Waals surface area contributed by atoms with Gasteiger partial charge in [-0.1, -0.05) is 33.0 Å². The first-order chi connectivity index (χ1) is 5.88. The van der Waals surface area contributed by atoms with Crippen LogP contribution in [0.25, 0.3) is 0 Å². The van der Waals surface area contributed by atoms with Gasteiger partial charge in [-0.15, -0.1) is 0 Å². The van der Waals surface area contributed by atoms with Crippen LogP contribution in [0.5, 0.6) is 0 Å². The Kier molecular flexibility index (Phi) is 3.24. The van der Waals surface area contributed by atoms with Gasteiger partial charge in [0.25, 0.3) is 0 Å². The minimum atomic E-state index is 0.235. The average Bonchev–Trinajstić information content (AvgIpc) is 1.94. The molecular weight excluding hydrogens is 248 g/mol. The molecule has 0 saturated heterocycles. The summed E-state index contributed by atoms with van der Waals surface area (Å²) < 4.78 is 1.56. The van der Waals surface area contributed by atoms with E-state index in [0.717, 1.165) is 16.7 Å². The Balaban J connectivity index is 2.93. The van der Waals surface area contributed by atoms with E-state index < -0.39 is 0 Å². The zero-order valence-corrected chi connectivity index (χ0v) is 10.4. The van der Waals surface area contributed by atoms with Crippen molar-refractivity contribution in [3.63, 3.8) is 0 Å². The molecule has 0 aliphatic heterocycles. The molecule has 1 aromatic rings. The molecule has 0 aliphatic carbocycles. The molecule has 0 spiro atoms. The van der Waals surface area contributed by atoms with Crippen LogP contribution < -0.4 is 0 Å². The summed E-state index contributed by atoms with van der Waals surface area (Å²) in [6, 6.07) is 0. The molecule has 1 N–H and O–H groups in total. The molecule has 0 unspecified atom stereocenters. The van der Waals surface area contributed by atoms with E-state index >= 15 is 0 Å². The van der Waals surface area contributed by atoms with Gasteiger partial charge in [-0.3, -0.25) is 0 Å². The molecule has 0 fully saturated rings. The Labute approximate surface area is 91.9 Å². The second-order valence-corrected chi connectivity index (χ2v) is 5.51. The predicted octanol–water partition coefficient (Wildman–Crippen LogP) is 3.49. The Hall–Kier alpha value is -0.220. The summed E-state index contributed by atoms with van der Waals surface area (Å²) in [6.45, 7) is 6.52. The molecule has 1 aromatic heterocycles. The van der Waals surface area contributed by atoms with E-state index in [9.17, 15) is 0 Å². The molecule has 13 heavy (non-hydrogen) atoms. The fraction of sp³-hybridized carbons (Fsp3) is 0.556. The number of hydrogen-bond donors (Lipinski definition) is 1. The second kappa shape index (κ2) is 3.88. The van der Waals surface area contributed by atoms with Gasteiger partial charge >= 0.3 is 0 Å². The number of nitrogens with zero attached hydrogens (tertiary/aromatic N) is 1. The van der Waals surface area contributed by atoms with E-state index in [1.165, 1.54) is 0 Å². The molecule has 72 valence electrons. The number of nitrogens with one attached hydrogen (secondary N) is 1. The van der Waals surface area contributed by atoms with Crippen molar-refractivity contribution in [3.05, 3.63) is 21.1 Å². The molecule has 1 rings (SSSR count). The minimum absolute atomic E-state index is 0.235. The topological polar surface area (TPSA) is 28.7 Å². The molecule has 0 saturated carbocycles. The number of aromatic amines is 1. The van der Waals surface area contributed by atoms with E-state index in [4.69, 9.17) is 12.2 Å². The lowest BCUT2D eigenvalue weighted by Gasteiger charge is -2.16. The van der Waals surface area contributed by atoms with Crippen LogP contribution >= 0.6 is 28.1 Å². The van der Waals surface area contributed by atoms with Gasteiger partial charge in [0.1, 0.15) is 10.5 Å². The second-order valence-electron chi connectivity index (χ2n) is 4.24. The SMILES string of the molecule is CC(C)(C)Cc1ncc(Br)c(=S)[nH]1. The lowest BCUT2D eigenvalue weighted by Crippen LogP contribution is -2.11. The van der Waals surface area contributed by atoms with Crippen molar-refractivity contribution in [3.8, 4) is 0 Å². The van der Waals surface area contributed by atoms with Crippen molar-refractivity contribution in [2.45, 2.75) is 27.2 Å². The summed E-state index contributed by atoms with van der Waals surface area (Å²) in [6.07, 6.45) is 2.66. The van der Waals surface area contributed by atoms with E-state index in [0.29, 0.717) is 4.64 Å². The first kappa shape index (κ1) is 10.9. The first-order valence-corrected chi connectivity index (χ1v) is 5.32. The molecule has 0 atom stereocenters. The van der Waals surface area contributed by atoms with E-state index in [2.05, 4.69) is 46.7 Å². The number of halogens is 1.